The predicted octanol–water partition coefficient (Wildman–Crippen LogP) is 5.35. The molecule has 0 aromatic rings. The minimum atomic E-state index is 0.736. The van der Waals surface area contributed by atoms with Crippen LogP contribution < -0.4 is 0 Å². The molecule has 2 rings (SSSR count). The molecule has 110 valence electrons. The molecule has 0 N–H and O–H groups in total. The Balaban J connectivity index is 0.000000659. The summed E-state index contributed by atoms with van der Waals surface area (Å²) in [5.41, 5.74) is 0.773. The molecule has 1 aliphatic carbocycles. The van der Waals surface area contributed by atoms with Crippen LogP contribution in [0.2, 0.25) is 0 Å². The van der Waals surface area contributed by atoms with E-state index in [0.29, 0.717) is 0 Å². The smallest absolute Gasteiger partial charge is 0.0121 e. The number of piperidine rings is 1. The molecule has 1 heteroatoms. The predicted molar refractivity (Wildman–Crippen MR) is 84.1 cm³/mol. The van der Waals surface area contributed by atoms with Gasteiger partial charge in [0.05, 0.1) is 0 Å². The zero-order valence-corrected chi connectivity index (χ0v) is 14.2. The van der Waals surface area contributed by atoms with Gasteiger partial charge in [0.1, 0.15) is 0 Å². The average Bonchev–Trinajstić information content (AvgIpc) is 3.13. The maximum Gasteiger partial charge on any atom is 0.0121 e. The van der Waals surface area contributed by atoms with E-state index < -0.39 is 0 Å². The number of rotatable bonds is 2. The molecule has 1 atom stereocenters. The number of hydrogen-bond acceptors (Lipinski definition) is 1. The molecular formula is C17H37N. The second-order valence-electron chi connectivity index (χ2n) is 6.12. The summed E-state index contributed by atoms with van der Waals surface area (Å²) in [5, 5.41) is 0. The molecule has 18 heavy (non-hydrogen) atoms. The summed E-state index contributed by atoms with van der Waals surface area (Å²) in [6.45, 7) is 18.9. The zero-order chi connectivity index (χ0) is 14.3. The second kappa shape index (κ2) is 8.19. The highest BCUT2D eigenvalue weighted by Gasteiger charge is 2.48. The third-order valence-corrected chi connectivity index (χ3v) is 4.30. The lowest BCUT2D eigenvalue weighted by atomic mass is 9.84. The van der Waals surface area contributed by atoms with E-state index in [1.54, 1.807) is 0 Å². The second-order valence-corrected chi connectivity index (χ2v) is 6.12. The first-order chi connectivity index (χ1) is 8.54. The first-order valence-corrected chi connectivity index (χ1v) is 8.30. The number of likely N-dealkylation sites (tertiary alicyclic amines) is 1. The van der Waals surface area contributed by atoms with Crippen molar-refractivity contribution in [3.8, 4) is 0 Å². The Labute approximate surface area is 116 Å². The number of hydrogen-bond donors (Lipinski definition) is 0. The van der Waals surface area contributed by atoms with Crippen LogP contribution in [-0.2, 0) is 0 Å². The van der Waals surface area contributed by atoms with E-state index in [1.807, 2.05) is 27.7 Å². The molecule has 1 unspecified atom stereocenters. The molecule has 1 aliphatic heterocycles. The molecule has 2 fully saturated rings. The van der Waals surface area contributed by atoms with Crippen LogP contribution in [0.4, 0.5) is 0 Å². The first kappa shape index (κ1) is 18.0. The van der Waals surface area contributed by atoms with Crippen LogP contribution in [-0.4, -0.2) is 23.5 Å². The van der Waals surface area contributed by atoms with Crippen molar-refractivity contribution < 1.29 is 0 Å². The van der Waals surface area contributed by atoms with Crippen LogP contribution in [0.25, 0.3) is 0 Å². The van der Waals surface area contributed by atoms with Crippen LogP contribution in [0.15, 0.2) is 0 Å². The van der Waals surface area contributed by atoms with Crippen LogP contribution in [0, 0.1) is 11.3 Å². The minimum absolute atomic E-state index is 0.736. The standard InChI is InChI=1S/C13H25N.2C2H6/c1-10(2)12-5-6-13(7-8-13)9-14(12)11(3)4;2*1-2/h10-12H,5-9H2,1-4H3;2*1-2H3. The Bertz CT molecular complexity index is 204. The fraction of sp³-hybridized carbons (Fsp3) is 1.00. The summed E-state index contributed by atoms with van der Waals surface area (Å²) in [6.07, 6.45) is 5.94. The van der Waals surface area contributed by atoms with Gasteiger partial charge in [-0.05, 0) is 50.9 Å². The topological polar surface area (TPSA) is 3.24 Å². The largest absolute Gasteiger partial charge is 0.297 e. The third-order valence-electron chi connectivity index (χ3n) is 4.30. The Morgan fingerprint density at radius 3 is 1.72 bits per heavy atom. The van der Waals surface area contributed by atoms with Crippen molar-refractivity contribution in [2.45, 2.75) is 93.2 Å². The Morgan fingerprint density at radius 1 is 0.889 bits per heavy atom. The molecule has 0 radical (unpaired) electrons. The molecule has 1 heterocycles. The lowest BCUT2D eigenvalue weighted by molar-refractivity contribution is 0.0417. The van der Waals surface area contributed by atoms with E-state index in [9.17, 15) is 0 Å². The fourth-order valence-corrected chi connectivity index (χ4v) is 3.07. The van der Waals surface area contributed by atoms with Gasteiger partial charge in [-0.25, -0.2) is 0 Å². The summed E-state index contributed by atoms with van der Waals surface area (Å²) in [7, 11) is 0. The first-order valence-electron chi connectivity index (χ1n) is 8.30. The maximum atomic E-state index is 2.77. The summed E-state index contributed by atoms with van der Waals surface area (Å²) >= 11 is 0. The van der Waals surface area contributed by atoms with Crippen LogP contribution in [0.1, 0.15) is 81.1 Å². The molecular weight excluding hydrogens is 218 g/mol. The average molecular weight is 255 g/mol. The molecule has 0 bridgehead atoms. The van der Waals surface area contributed by atoms with Crippen LogP contribution in [0.3, 0.4) is 0 Å². The van der Waals surface area contributed by atoms with Crippen molar-refractivity contribution >= 4 is 0 Å². The summed E-state index contributed by atoms with van der Waals surface area (Å²) in [6, 6.07) is 1.58. The van der Waals surface area contributed by atoms with E-state index in [4.69, 9.17) is 0 Å². The molecule has 1 nitrogen and oxygen atoms in total. The molecule has 0 amide bonds. The van der Waals surface area contributed by atoms with Crippen molar-refractivity contribution in [1.82, 2.24) is 4.90 Å². The zero-order valence-electron chi connectivity index (χ0n) is 14.2. The van der Waals surface area contributed by atoms with Gasteiger partial charge in [-0.2, -0.15) is 0 Å². The highest BCUT2D eigenvalue weighted by atomic mass is 15.2. The highest BCUT2D eigenvalue weighted by Crippen LogP contribution is 2.54. The van der Waals surface area contributed by atoms with Gasteiger partial charge in [0.15, 0.2) is 0 Å². The van der Waals surface area contributed by atoms with Crippen LogP contribution in [0.5, 0.6) is 0 Å². The minimum Gasteiger partial charge on any atom is -0.297 e. The monoisotopic (exact) mass is 255 g/mol. The quantitative estimate of drug-likeness (QED) is 0.643. The van der Waals surface area contributed by atoms with Gasteiger partial charge >= 0.3 is 0 Å². The normalized spacial score (nSPS) is 25.3. The molecule has 1 saturated heterocycles. The van der Waals surface area contributed by atoms with E-state index >= 15 is 0 Å². The Kier molecular flexibility index (Phi) is 8.18. The lowest BCUT2D eigenvalue weighted by Gasteiger charge is -2.44. The van der Waals surface area contributed by atoms with E-state index in [0.717, 1.165) is 23.4 Å². The summed E-state index contributed by atoms with van der Waals surface area (Å²) in [5.74, 6) is 0.827. The molecule has 1 saturated carbocycles. The highest BCUT2D eigenvalue weighted by molar-refractivity contribution is 5.01. The van der Waals surface area contributed by atoms with E-state index in [1.165, 1.54) is 32.2 Å². The van der Waals surface area contributed by atoms with E-state index in [2.05, 4.69) is 32.6 Å². The Hall–Kier alpha value is -0.0400. The Morgan fingerprint density at radius 2 is 1.39 bits per heavy atom. The van der Waals surface area contributed by atoms with Gasteiger partial charge < -0.3 is 0 Å². The number of nitrogens with zero attached hydrogens (tertiary/aromatic N) is 1. The SMILES string of the molecule is CC.CC.CC(C)C1CCC2(CC2)CN1C(C)C. The maximum absolute atomic E-state index is 2.77. The van der Waals surface area contributed by atoms with Crippen molar-refractivity contribution in [3.05, 3.63) is 0 Å². The van der Waals surface area contributed by atoms with Gasteiger partial charge in [-0.1, -0.05) is 41.5 Å². The van der Waals surface area contributed by atoms with Crippen LogP contribution >= 0.6 is 0 Å². The van der Waals surface area contributed by atoms with Gasteiger partial charge in [0.2, 0.25) is 0 Å². The molecule has 1 spiro atoms. The molecule has 0 aromatic carbocycles. The molecule has 2 aliphatic rings. The van der Waals surface area contributed by atoms with Crippen molar-refractivity contribution in [3.63, 3.8) is 0 Å². The molecule has 0 aromatic heterocycles. The summed E-state index contributed by atoms with van der Waals surface area (Å²) in [4.78, 5) is 2.77. The van der Waals surface area contributed by atoms with Gasteiger partial charge in [-0.15, -0.1) is 0 Å². The van der Waals surface area contributed by atoms with Crippen molar-refractivity contribution in [2.24, 2.45) is 11.3 Å². The van der Waals surface area contributed by atoms with Crippen molar-refractivity contribution in [2.75, 3.05) is 6.54 Å². The van der Waals surface area contributed by atoms with E-state index in [-0.39, 0.29) is 0 Å². The third kappa shape index (κ3) is 4.57. The van der Waals surface area contributed by atoms with Gasteiger partial charge in [0, 0.05) is 18.6 Å². The fourth-order valence-electron chi connectivity index (χ4n) is 3.07. The van der Waals surface area contributed by atoms with Gasteiger partial charge in [-0.3, -0.25) is 4.90 Å². The van der Waals surface area contributed by atoms with Crippen molar-refractivity contribution in [1.29, 1.82) is 0 Å². The lowest BCUT2D eigenvalue weighted by Crippen LogP contribution is -2.50. The van der Waals surface area contributed by atoms with Gasteiger partial charge in [0.25, 0.3) is 0 Å². The summed E-state index contributed by atoms with van der Waals surface area (Å²) < 4.78 is 0.